The Balaban J connectivity index is 2.28. The Morgan fingerprint density at radius 1 is 1.25 bits per heavy atom. The molecule has 0 radical (unpaired) electrons. The van der Waals surface area contributed by atoms with Gasteiger partial charge in [-0.25, -0.2) is 0 Å². The molecule has 0 amide bonds. The lowest BCUT2D eigenvalue weighted by atomic mass is 9.97. The van der Waals surface area contributed by atoms with Crippen LogP contribution in [0.2, 0.25) is 0 Å². The van der Waals surface area contributed by atoms with Crippen molar-refractivity contribution in [1.29, 1.82) is 0 Å². The topological polar surface area (TPSA) is 55.9 Å². The van der Waals surface area contributed by atoms with Gasteiger partial charge in [-0.1, -0.05) is 36.2 Å². The smallest absolute Gasteiger partial charge is 0.0670 e. The average Bonchev–Trinajstić information content (AvgIpc) is 2.76. The van der Waals surface area contributed by atoms with Crippen molar-refractivity contribution < 1.29 is 0 Å². The molecule has 1 aromatic carbocycles. The first kappa shape index (κ1) is 14.8. The number of hydrazine groups is 1. The van der Waals surface area contributed by atoms with Crippen LogP contribution in [0.3, 0.4) is 0 Å². The molecule has 3 N–H and O–H groups in total. The zero-order chi connectivity index (χ0) is 14.7. The molecule has 108 valence electrons. The van der Waals surface area contributed by atoms with Gasteiger partial charge in [0.15, 0.2) is 0 Å². The summed E-state index contributed by atoms with van der Waals surface area (Å²) in [5, 5.41) is 4.50. The van der Waals surface area contributed by atoms with E-state index in [1.165, 1.54) is 22.3 Å². The minimum absolute atomic E-state index is 0.0971. The van der Waals surface area contributed by atoms with Crippen LogP contribution in [-0.2, 0) is 19.9 Å². The van der Waals surface area contributed by atoms with Gasteiger partial charge in [-0.05, 0) is 32.3 Å². The van der Waals surface area contributed by atoms with Gasteiger partial charge in [0.1, 0.15) is 0 Å². The molecule has 20 heavy (non-hydrogen) atoms. The highest BCUT2D eigenvalue weighted by molar-refractivity contribution is 5.31. The van der Waals surface area contributed by atoms with E-state index >= 15 is 0 Å². The van der Waals surface area contributed by atoms with Crippen LogP contribution in [0, 0.1) is 13.8 Å². The predicted octanol–water partition coefficient (Wildman–Crippen LogP) is 2.35. The van der Waals surface area contributed by atoms with Crippen LogP contribution in [0.4, 0.5) is 0 Å². The maximum Gasteiger partial charge on any atom is 0.0670 e. The third kappa shape index (κ3) is 3.26. The molecule has 1 aromatic heterocycles. The third-order valence-corrected chi connectivity index (χ3v) is 3.57. The zero-order valence-corrected chi connectivity index (χ0v) is 12.8. The van der Waals surface area contributed by atoms with Crippen LogP contribution in [0.15, 0.2) is 24.4 Å². The fourth-order valence-corrected chi connectivity index (χ4v) is 2.80. The van der Waals surface area contributed by atoms with Crippen LogP contribution in [0.5, 0.6) is 0 Å². The molecule has 0 aliphatic rings. The van der Waals surface area contributed by atoms with E-state index in [2.05, 4.69) is 55.7 Å². The van der Waals surface area contributed by atoms with Crippen LogP contribution >= 0.6 is 0 Å². The molecule has 0 spiro atoms. The molecular formula is C16H24N4. The zero-order valence-electron chi connectivity index (χ0n) is 12.8. The summed E-state index contributed by atoms with van der Waals surface area (Å²) in [6.45, 7) is 6.38. The number of aromatic nitrogens is 2. The fourth-order valence-electron chi connectivity index (χ4n) is 2.80. The third-order valence-electron chi connectivity index (χ3n) is 3.57. The van der Waals surface area contributed by atoms with Crippen LogP contribution < -0.4 is 11.3 Å². The molecule has 0 fully saturated rings. The fraction of sp³-hybridized carbons (Fsp3) is 0.438. The minimum atomic E-state index is 0.0971. The van der Waals surface area contributed by atoms with Gasteiger partial charge < -0.3 is 0 Å². The summed E-state index contributed by atoms with van der Waals surface area (Å²) < 4.78 is 1.86. The predicted molar refractivity (Wildman–Crippen MR) is 82.3 cm³/mol. The van der Waals surface area contributed by atoms with Gasteiger partial charge in [-0.15, -0.1) is 0 Å². The van der Waals surface area contributed by atoms with Crippen molar-refractivity contribution in [3.05, 3.63) is 52.3 Å². The van der Waals surface area contributed by atoms with Crippen LogP contribution in [0.25, 0.3) is 0 Å². The van der Waals surface area contributed by atoms with Gasteiger partial charge in [-0.2, -0.15) is 5.10 Å². The van der Waals surface area contributed by atoms with Gasteiger partial charge in [0.25, 0.3) is 0 Å². The Bertz CT molecular complexity index is 566. The summed E-state index contributed by atoms with van der Waals surface area (Å²) >= 11 is 0. The lowest BCUT2D eigenvalue weighted by molar-refractivity contribution is 0.547. The number of nitrogens with zero attached hydrogens (tertiary/aromatic N) is 2. The van der Waals surface area contributed by atoms with Crippen molar-refractivity contribution in [1.82, 2.24) is 15.2 Å². The van der Waals surface area contributed by atoms with Crippen molar-refractivity contribution in [3.63, 3.8) is 0 Å². The number of benzene rings is 1. The van der Waals surface area contributed by atoms with E-state index in [1.54, 1.807) is 0 Å². The number of nitrogens with two attached hydrogens (primary N) is 1. The van der Waals surface area contributed by atoms with E-state index in [-0.39, 0.29) is 6.04 Å². The summed E-state index contributed by atoms with van der Waals surface area (Å²) in [6.07, 6.45) is 3.85. The second-order valence-electron chi connectivity index (χ2n) is 5.48. The van der Waals surface area contributed by atoms with Crippen molar-refractivity contribution in [3.8, 4) is 0 Å². The van der Waals surface area contributed by atoms with E-state index in [0.717, 1.165) is 18.5 Å². The molecule has 1 unspecified atom stereocenters. The summed E-state index contributed by atoms with van der Waals surface area (Å²) in [4.78, 5) is 0. The van der Waals surface area contributed by atoms with Crippen LogP contribution in [0.1, 0.15) is 40.9 Å². The summed E-state index contributed by atoms with van der Waals surface area (Å²) in [5.74, 6) is 5.77. The number of rotatable bonds is 5. The molecular weight excluding hydrogens is 248 g/mol. The Labute approximate surface area is 121 Å². The SMILES string of the molecule is CCc1nn(C)cc1C(Cc1cc(C)cc(C)c1)NN. The van der Waals surface area contributed by atoms with E-state index in [1.807, 2.05) is 11.7 Å². The first-order valence-electron chi connectivity index (χ1n) is 7.09. The van der Waals surface area contributed by atoms with E-state index in [4.69, 9.17) is 5.84 Å². The number of hydrogen-bond acceptors (Lipinski definition) is 3. The summed E-state index contributed by atoms with van der Waals surface area (Å²) in [7, 11) is 1.95. The lowest BCUT2D eigenvalue weighted by Gasteiger charge is -2.16. The molecule has 1 heterocycles. The maximum atomic E-state index is 5.77. The molecule has 4 heteroatoms. The Morgan fingerprint density at radius 3 is 2.45 bits per heavy atom. The largest absolute Gasteiger partial charge is 0.275 e. The van der Waals surface area contributed by atoms with Crippen molar-refractivity contribution in [2.24, 2.45) is 12.9 Å². The van der Waals surface area contributed by atoms with Gasteiger partial charge in [0.05, 0.1) is 11.7 Å². The molecule has 1 atom stereocenters. The molecule has 0 saturated heterocycles. The quantitative estimate of drug-likeness (QED) is 0.649. The molecule has 0 saturated carbocycles. The molecule has 4 nitrogen and oxygen atoms in total. The van der Waals surface area contributed by atoms with Crippen LogP contribution in [-0.4, -0.2) is 9.78 Å². The highest BCUT2D eigenvalue weighted by Gasteiger charge is 2.17. The molecule has 0 bridgehead atoms. The van der Waals surface area contributed by atoms with Crippen molar-refractivity contribution in [2.75, 3.05) is 0 Å². The Kier molecular flexibility index (Phi) is 4.57. The van der Waals surface area contributed by atoms with Gasteiger partial charge in [-0.3, -0.25) is 16.0 Å². The molecule has 2 rings (SSSR count). The monoisotopic (exact) mass is 272 g/mol. The first-order chi connectivity index (χ1) is 9.53. The molecule has 0 aliphatic heterocycles. The number of hydrogen-bond donors (Lipinski definition) is 2. The van der Waals surface area contributed by atoms with E-state index in [9.17, 15) is 0 Å². The van der Waals surface area contributed by atoms with Crippen molar-refractivity contribution in [2.45, 2.75) is 39.7 Å². The minimum Gasteiger partial charge on any atom is -0.275 e. The van der Waals surface area contributed by atoms with E-state index in [0.29, 0.717) is 0 Å². The second-order valence-corrected chi connectivity index (χ2v) is 5.48. The standard InChI is InChI=1S/C16H24N4/c1-5-15-14(10-20(4)19-15)16(18-17)9-13-7-11(2)6-12(3)8-13/h6-8,10,16,18H,5,9,17H2,1-4H3. The highest BCUT2D eigenvalue weighted by atomic mass is 15.3. The summed E-state index contributed by atoms with van der Waals surface area (Å²) in [6, 6.07) is 6.73. The number of aryl methyl sites for hydroxylation is 4. The van der Waals surface area contributed by atoms with Gasteiger partial charge >= 0.3 is 0 Å². The molecule has 2 aromatic rings. The Morgan fingerprint density at radius 2 is 1.90 bits per heavy atom. The van der Waals surface area contributed by atoms with Gasteiger partial charge in [0, 0.05) is 18.8 Å². The van der Waals surface area contributed by atoms with Gasteiger partial charge in [0.2, 0.25) is 0 Å². The average molecular weight is 272 g/mol. The Hall–Kier alpha value is -1.65. The second kappa shape index (κ2) is 6.20. The summed E-state index contributed by atoms with van der Waals surface area (Å²) in [5.41, 5.74) is 9.12. The number of nitrogens with one attached hydrogen (secondary N) is 1. The van der Waals surface area contributed by atoms with Crippen molar-refractivity contribution >= 4 is 0 Å². The van der Waals surface area contributed by atoms with E-state index < -0.39 is 0 Å². The normalized spacial score (nSPS) is 12.7. The lowest BCUT2D eigenvalue weighted by Crippen LogP contribution is -2.30. The molecule has 0 aliphatic carbocycles. The maximum absolute atomic E-state index is 5.77. The highest BCUT2D eigenvalue weighted by Crippen LogP contribution is 2.22. The first-order valence-corrected chi connectivity index (χ1v) is 7.09.